The summed E-state index contributed by atoms with van der Waals surface area (Å²) in [5.41, 5.74) is 2.53. The molecule has 3 N–H and O–H groups in total. The number of aromatic amines is 1. The number of benzene rings is 2. The van der Waals surface area contributed by atoms with Crippen LogP contribution in [-0.2, 0) is 4.79 Å². The number of carbonyl (C=O) groups is 1. The molecule has 186 valence electrons. The molecule has 1 atom stereocenters. The summed E-state index contributed by atoms with van der Waals surface area (Å²) in [5.74, 6) is -3.77. The minimum Gasteiger partial charge on any atom is -0.481 e. The molecule has 0 aliphatic rings. The van der Waals surface area contributed by atoms with Crippen LogP contribution in [0.4, 0.5) is 13.2 Å². The summed E-state index contributed by atoms with van der Waals surface area (Å²) in [7, 11) is 0. The van der Waals surface area contributed by atoms with E-state index in [0.717, 1.165) is 17.8 Å². The van der Waals surface area contributed by atoms with Crippen molar-refractivity contribution in [3.63, 3.8) is 0 Å². The van der Waals surface area contributed by atoms with Crippen LogP contribution < -0.4 is 0 Å². The van der Waals surface area contributed by atoms with Crippen LogP contribution in [0.25, 0.3) is 27.5 Å². The third kappa shape index (κ3) is 4.65. The van der Waals surface area contributed by atoms with Crippen molar-refractivity contribution in [2.75, 3.05) is 6.61 Å². The van der Waals surface area contributed by atoms with Gasteiger partial charge < -0.3 is 14.8 Å². The van der Waals surface area contributed by atoms with Crippen molar-refractivity contribution in [1.82, 2.24) is 14.8 Å². The fourth-order valence-corrected chi connectivity index (χ4v) is 5.00. The van der Waals surface area contributed by atoms with Gasteiger partial charge in [-0.1, -0.05) is 13.8 Å². The van der Waals surface area contributed by atoms with E-state index in [0.29, 0.717) is 53.2 Å². The average molecular weight is 488 g/mol. The van der Waals surface area contributed by atoms with Gasteiger partial charge in [-0.05, 0) is 61.3 Å². The van der Waals surface area contributed by atoms with E-state index in [1.165, 1.54) is 12.3 Å². The van der Waals surface area contributed by atoms with Crippen LogP contribution >= 0.6 is 0 Å². The molecule has 0 amide bonds. The highest BCUT2D eigenvalue weighted by molar-refractivity contribution is 5.99. The highest BCUT2D eigenvalue weighted by Gasteiger charge is 2.30. The monoisotopic (exact) mass is 487 g/mol. The molecule has 6 nitrogen and oxygen atoms in total. The van der Waals surface area contributed by atoms with Crippen LogP contribution in [-0.4, -0.2) is 37.6 Å². The zero-order valence-electron chi connectivity index (χ0n) is 19.6. The number of rotatable bonds is 10. The van der Waals surface area contributed by atoms with Crippen LogP contribution in [0.5, 0.6) is 0 Å². The van der Waals surface area contributed by atoms with Crippen LogP contribution in [0.3, 0.4) is 0 Å². The van der Waals surface area contributed by atoms with E-state index in [1.54, 1.807) is 10.6 Å². The first-order valence-corrected chi connectivity index (χ1v) is 11.7. The molecule has 0 aliphatic carbocycles. The molecule has 0 spiro atoms. The Morgan fingerprint density at radius 3 is 2.51 bits per heavy atom. The lowest BCUT2D eigenvalue weighted by atomic mass is 9.85. The molecule has 4 rings (SSSR count). The highest BCUT2D eigenvalue weighted by Crippen LogP contribution is 2.44. The Labute approximate surface area is 200 Å². The van der Waals surface area contributed by atoms with Crippen molar-refractivity contribution in [1.29, 1.82) is 0 Å². The van der Waals surface area contributed by atoms with Crippen molar-refractivity contribution >= 4 is 27.8 Å². The molecule has 35 heavy (non-hydrogen) atoms. The number of carboxylic acid groups (broad SMARTS) is 1. The average Bonchev–Trinajstić information content (AvgIpc) is 3.41. The van der Waals surface area contributed by atoms with Crippen LogP contribution in [0.15, 0.2) is 30.5 Å². The molecule has 2 heterocycles. The van der Waals surface area contributed by atoms with E-state index in [4.69, 9.17) is 5.11 Å². The quantitative estimate of drug-likeness (QED) is 0.250. The van der Waals surface area contributed by atoms with Gasteiger partial charge in [0.2, 0.25) is 0 Å². The molecule has 0 radical (unpaired) electrons. The van der Waals surface area contributed by atoms with Crippen molar-refractivity contribution in [2.45, 2.75) is 57.8 Å². The Bertz CT molecular complexity index is 1380. The molecule has 0 saturated heterocycles. The zero-order chi connectivity index (χ0) is 25.3. The molecule has 2 aromatic carbocycles. The van der Waals surface area contributed by atoms with Gasteiger partial charge in [-0.2, -0.15) is 5.10 Å². The van der Waals surface area contributed by atoms with Crippen molar-refractivity contribution < 1.29 is 28.2 Å². The van der Waals surface area contributed by atoms with Crippen LogP contribution in [0, 0.1) is 17.5 Å². The van der Waals surface area contributed by atoms with Gasteiger partial charge in [0.25, 0.3) is 0 Å². The summed E-state index contributed by atoms with van der Waals surface area (Å²) >= 11 is 0. The molecule has 0 bridgehead atoms. The lowest BCUT2D eigenvalue weighted by Gasteiger charge is -2.22. The number of halogens is 3. The second kappa shape index (κ2) is 10.1. The third-order valence-corrected chi connectivity index (χ3v) is 6.45. The van der Waals surface area contributed by atoms with Crippen molar-refractivity contribution in [3.05, 3.63) is 59.2 Å². The Hall–Kier alpha value is -3.33. The smallest absolute Gasteiger partial charge is 0.303 e. The number of hydrogen-bond acceptors (Lipinski definition) is 3. The Balaban J connectivity index is 2.06. The van der Waals surface area contributed by atoms with Crippen LogP contribution in [0.1, 0.15) is 69.0 Å². The fourth-order valence-electron chi connectivity index (χ4n) is 5.00. The Morgan fingerprint density at radius 2 is 1.86 bits per heavy atom. The highest BCUT2D eigenvalue weighted by atomic mass is 19.2. The molecular formula is C26H28F3N3O3. The van der Waals surface area contributed by atoms with E-state index in [-0.39, 0.29) is 30.4 Å². The fraction of sp³-hybridized carbons (Fsp3) is 0.385. The predicted octanol–water partition coefficient (Wildman–Crippen LogP) is 6.16. The number of fused-ring (bicyclic) bond motifs is 2. The van der Waals surface area contributed by atoms with Gasteiger partial charge in [-0.3, -0.25) is 9.89 Å². The second-order valence-corrected chi connectivity index (χ2v) is 9.16. The summed E-state index contributed by atoms with van der Waals surface area (Å²) in [5, 5.41) is 26.2. The molecule has 0 unspecified atom stereocenters. The molecule has 0 saturated carbocycles. The number of hydrogen-bond donors (Lipinski definition) is 3. The summed E-state index contributed by atoms with van der Waals surface area (Å²) < 4.78 is 45.9. The van der Waals surface area contributed by atoms with E-state index in [1.807, 2.05) is 13.8 Å². The number of aliphatic hydroxyl groups excluding tert-OH is 1. The van der Waals surface area contributed by atoms with Crippen molar-refractivity contribution in [3.8, 4) is 5.69 Å². The normalized spacial score (nSPS) is 12.8. The number of carboxylic acids is 1. The second-order valence-electron chi connectivity index (χ2n) is 9.16. The number of aromatic nitrogens is 3. The number of nitrogens with zero attached hydrogens (tertiary/aromatic N) is 2. The predicted molar refractivity (Wildman–Crippen MR) is 127 cm³/mol. The lowest BCUT2D eigenvalue weighted by molar-refractivity contribution is -0.137. The van der Waals surface area contributed by atoms with Gasteiger partial charge in [-0.15, -0.1) is 0 Å². The summed E-state index contributed by atoms with van der Waals surface area (Å²) in [6.07, 6.45) is 3.32. The number of H-pyrrole nitrogens is 1. The third-order valence-electron chi connectivity index (χ3n) is 6.45. The van der Waals surface area contributed by atoms with E-state index < -0.39 is 23.4 Å². The minimum atomic E-state index is -1.01. The maximum Gasteiger partial charge on any atom is 0.303 e. The van der Waals surface area contributed by atoms with Gasteiger partial charge in [0.05, 0.1) is 11.7 Å². The molecule has 9 heteroatoms. The van der Waals surface area contributed by atoms with Gasteiger partial charge in [0, 0.05) is 41.2 Å². The molecule has 4 aromatic rings. The Kier molecular flexibility index (Phi) is 7.16. The first kappa shape index (κ1) is 24.8. The number of nitrogens with one attached hydrogen (secondary N) is 1. The minimum absolute atomic E-state index is 0.0261. The van der Waals surface area contributed by atoms with Gasteiger partial charge >= 0.3 is 5.97 Å². The molecule has 0 aliphatic heterocycles. The molecular weight excluding hydrogens is 459 g/mol. The largest absolute Gasteiger partial charge is 0.481 e. The number of aliphatic hydroxyl groups is 1. The van der Waals surface area contributed by atoms with Gasteiger partial charge in [0.15, 0.2) is 17.5 Å². The SMILES string of the molecule is CC(C)c1c([C@H](CCCO)CCCC(=O)O)c2c(F)c3[nH]ncc3cc2n1-c1ccc(F)c(F)c1. The zero-order valence-corrected chi connectivity index (χ0v) is 19.6. The maximum absolute atomic E-state index is 16.0. The lowest BCUT2D eigenvalue weighted by Crippen LogP contribution is -2.09. The first-order chi connectivity index (χ1) is 16.7. The van der Waals surface area contributed by atoms with E-state index in [2.05, 4.69) is 10.2 Å². The van der Waals surface area contributed by atoms with Crippen LogP contribution in [0.2, 0.25) is 0 Å². The Morgan fingerprint density at radius 1 is 1.11 bits per heavy atom. The van der Waals surface area contributed by atoms with Gasteiger partial charge in [-0.25, -0.2) is 13.2 Å². The standard InChI is InChI=1S/C26H28F3N3O3/c1-14(2)26-22(15(6-4-10-33)5-3-7-21(34)35)23-20(11-16-13-30-31-25(16)24(23)29)32(26)17-8-9-18(27)19(28)12-17/h8-9,11-15,33H,3-7,10H2,1-2H3,(H,30,31)(H,34,35)/t15-/m0/s1. The van der Waals surface area contributed by atoms with Crippen molar-refractivity contribution in [2.24, 2.45) is 0 Å². The van der Waals surface area contributed by atoms with Gasteiger partial charge in [0.1, 0.15) is 5.52 Å². The topological polar surface area (TPSA) is 91.1 Å². The number of aliphatic carboxylic acids is 1. The molecule has 2 aromatic heterocycles. The summed E-state index contributed by atoms with van der Waals surface area (Å²) in [6, 6.07) is 5.37. The summed E-state index contributed by atoms with van der Waals surface area (Å²) in [6.45, 7) is 3.83. The maximum atomic E-state index is 16.0. The molecule has 0 fully saturated rings. The van der Waals surface area contributed by atoms with E-state index in [9.17, 15) is 18.7 Å². The first-order valence-electron chi connectivity index (χ1n) is 11.7. The summed E-state index contributed by atoms with van der Waals surface area (Å²) in [4.78, 5) is 11.2. The van der Waals surface area contributed by atoms with E-state index >= 15 is 4.39 Å².